The summed E-state index contributed by atoms with van der Waals surface area (Å²) in [6.45, 7) is 2.12. The first kappa shape index (κ1) is 11.1. The van der Waals surface area contributed by atoms with Gasteiger partial charge < -0.3 is 10.5 Å². The fourth-order valence-corrected chi connectivity index (χ4v) is 3.48. The van der Waals surface area contributed by atoms with E-state index < -0.39 is 0 Å². The molecule has 0 aromatic carbocycles. The molecule has 2 nitrogen and oxygen atoms in total. The number of aryl methyl sites for hydroxylation is 1. The molecule has 1 fully saturated rings. The van der Waals surface area contributed by atoms with Crippen LogP contribution in [0.1, 0.15) is 41.5 Å². The predicted octanol–water partition coefficient (Wildman–Crippen LogP) is 3.02. The molecule has 1 saturated carbocycles. The largest absolute Gasteiger partial charge is 0.376 e. The summed E-state index contributed by atoms with van der Waals surface area (Å²) in [7, 11) is 1.80. The van der Waals surface area contributed by atoms with E-state index in [0.717, 1.165) is 12.8 Å². The van der Waals surface area contributed by atoms with Gasteiger partial charge >= 0.3 is 0 Å². The van der Waals surface area contributed by atoms with Crippen LogP contribution in [0.3, 0.4) is 0 Å². The summed E-state index contributed by atoms with van der Waals surface area (Å²) >= 11 is 1.79. The molecule has 84 valence electrons. The third-order valence-electron chi connectivity index (χ3n) is 3.49. The molecular weight excluding hydrogens is 206 g/mol. The molecule has 1 aliphatic rings. The van der Waals surface area contributed by atoms with Gasteiger partial charge in [-0.3, -0.25) is 0 Å². The highest BCUT2D eigenvalue weighted by atomic mass is 32.1. The minimum absolute atomic E-state index is 0.0451. The quantitative estimate of drug-likeness (QED) is 0.858. The van der Waals surface area contributed by atoms with Crippen LogP contribution in [-0.2, 0) is 4.74 Å². The van der Waals surface area contributed by atoms with Crippen molar-refractivity contribution >= 4 is 11.3 Å². The molecule has 0 bridgehead atoms. The maximum absolute atomic E-state index is 6.34. The Morgan fingerprint density at radius 3 is 2.53 bits per heavy atom. The van der Waals surface area contributed by atoms with E-state index in [1.165, 1.54) is 22.6 Å². The molecule has 1 aromatic heterocycles. The van der Waals surface area contributed by atoms with Crippen LogP contribution in [0.4, 0.5) is 0 Å². The van der Waals surface area contributed by atoms with Crippen LogP contribution in [0.2, 0.25) is 0 Å². The molecular formula is C12H19NOS. The van der Waals surface area contributed by atoms with Gasteiger partial charge in [-0.25, -0.2) is 0 Å². The molecule has 0 amide bonds. The summed E-state index contributed by atoms with van der Waals surface area (Å²) in [6, 6.07) is 4.32. The molecule has 2 rings (SSSR count). The van der Waals surface area contributed by atoms with Crippen molar-refractivity contribution in [3.05, 3.63) is 21.9 Å². The maximum atomic E-state index is 6.34. The zero-order valence-electron chi connectivity index (χ0n) is 9.45. The third kappa shape index (κ3) is 1.96. The molecule has 0 aliphatic heterocycles. The highest BCUT2D eigenvalue weighted by molar-refractivity contribution is 7.12. The second-order valence-corrected chi connectivity index (χ2v) is 5.72. The number of hydrogen-bond donors (Lipinski definition) is 1. The lowest BCUT2D eigenvalue weighted by Crippen LogP contribution is -2.40. The fraction of sp³-hybridized carbons (Fsp3) is 0.667. The Morgan fingerprint density at radius 2 is 2.07 bits per heavy atom. The average molecular weight is 225 g/mol. The van der Waals surface area contributed by atoms with Crippen molar-refractivity contribution < 1.29 is 4.74 Å². The summed E-state index contributed by atoms with van der Waals surface area (Å²) in [6.07, 6.45) is 4.68. The number of ether oxygens (including phenoxy) is 1. The van der Waals surface area contributed by atoms with Crippen molar-refractivity contribution in [2.75, 3.05) is 7.11 Å². The molecule has 1 heterocycles. The molecule has 1 aliphatic carbocycles. The molecule has 3 heteroatoms. The summed E-state index contributed by atoms with van der Waals surface area (Å²) in [5.41, 5.74) is 6.24. The highest BCUT2D eigenvalue weighted by Gasteiger charge is 2.40. The summed E-state index contributed by atoms with van der Waals surface area (Å²) in [4.78, 5) is 2.58. The predicted molar refractivity (Wildman–Crippen MR) is 64.2 cm³/mol. The van der Waals surface area contributed by atoms with Crippen molar-refractivity contribution in [1.29, 1.82) is 0 Å². The zero-order chi connectivity index (χ0) is 10.9. The van der Waals surface area contributed by atoms with Crippen LogP contribution in [0, 0.1) is 6.92 Å². The first-order chi connectivity index (χ1) is 7.18. The maximum Gasteiger partial charge on any atom is 0.0878 e. The average Bonchev–Trinajstić information content (AvgIpc) is 2.86. The van der Waals surface area contributed by atoms with Crippen molar-refractivity contribution in [3.63, 3.8) is 0 Å². The second kappa shape index (κ2) is 4.24. The molecule has 0 spiro atoms. The standard InChI is InChI=1S/C12H19NOS/c1-9-5-6-10(15-9)11(13)12(14-2)7-3-4-8-12/h5-6,11H,3-4,7-8,13H2,1-2H3. The Kier molecular flexibility index (Phi) is 3.14. The fourth-order valence-electron chi connectivity index (χ4n) is 2.50. The lowest BCUT2D eigenvalue weighted by Gasteiger charge is -2.33. The Hall–Kier alpha value is -0.380. The van der Waals surface area contributed by atoms with Gasteiger partial charge in [-0.15, -0.1) is 11.3 Å². The van der Waals surface area contributed by atoms with E-state index in [1.807, 2.05) is 0 Å². The second-order valence-electron chi connectivity index (χ2n) is 4.40. The Bertz CT molecular complexity index is 328. The van der Waals surface area contributed by atoms with Crippen molar-refractivity contribution in [2.45, 2.75) is 44.2 Å². The molecule has 0 saturated heterocycles. The van der Waals surface area contributed by atoms with Crippen LogP contribution in [-0.4, -0.2) is 12.7 Å². The molecule has 1 aromatic rings. The van der Waals surface area contributed by atoms with Gasteiger partial charge in [-0.1, -0.05) is 12.8 Å². The topological polar surface area (TPSA) is 35.2 Å². The minimum atomic E-state index is -0.0999. The molecule has 2 N–H and O–H groups in total. The van der Waals surface area contributed by atoms with Gasteiger partial charge in [0.05, 0.1) is 11.6 Å². The number of thiophene rings is 1. The van der Waals surface area contributed by atoms with Gasteiger partial charge in [0, 0.05) is 16.9 Å². The van der Waals surface area contributed by atoms with Crippen molar-refractivity contribution in [1.82, 2.24) is 0 Å². The van der Waals surface area contributed by atoms with Gasteiger partial charge in [-0.2, -0.15) is 0 Å². The molecule has 15 heavy (non-hydrogen) atoms. The third-order valence-corrected chi connectivity index (χ3v) is 4.57. The molecule has 0 radical (unpaired) electrons. The molecule has 1 unspecified atom stereocenters. The Balaban J connectivity index is 2.21. The van der Waals surface area contributed by atoms with E-state index in [1.54, 1.807) is 18.4 Å². The smallest absolute Gasteiger partial charge is 0.0878 e. The van der Waals surface area contributed by atoms with E-state index in [0.29, 0.717) is 0 Å². The minimum Gasteiger partial charge on any atom is -0.376 e. The summed E-state index contributed by atoms with van der Waals surface area (Å²) in [5.74, 6) is 0. The van der Waals surface area contributed by atoms with E-state index in [2.05, 4.69) is 19.1 Å². The van der Waals surface area contributed by atoms with E-state index in [-0.39, 0.29) is 11.6 Å². The van der Waals surface area contributed by atoms with Gasteiger partial charge in [0.1, 0.15) is 0 Å². The Morgan fingerprint density at radius 1 is 1.40 bits per heavy atom. The van der Waals surface area contributed by atoms with Gasteiger partial charge in [0.25, 0.3) is 0 Å². The lowest BCUT2D eigenvalue weighted by molar-refractivity contribution is -0.0255. The van der Waals surface area contributed by atoms with Gasteiger partial charge in [0.15, 0.2) is 0 Å². The number of nitrogens with two attached hydrogens (primary N) is 1. The van der Waals surface area contributed by atoms with Gasteiger partial charge in [0.2, 0.25) is 0 Å². The number of methoxy groups -OCH3 is 1. The van der Waals surface area contributed by atoms with Crippen LogP contribution >= 0.6 is 11.3 Å². The van der Waals surface area contributed by atoms with Gasteiger partial charge in [-0.05, 0) is 31.9 Å². The van der Waals surface area contributed by atoms with E-state index >= 15 is 0 Å². The Labute approximate surface area is 95.4 Å². The zero-order valence-corrected chi connectivity index (χ0v) is 10.3. The van der Waals surface area contributed by atoms with Crippen LogP contribution in [0.15, 0.2) is 12.1 Å². The number of rotatable bonds is 3. The van der Waals surface area contributed by atoms with Crippen molar-refractivity contribution in [3.8, 4) is 0 Å². The highest BCUT2D eigenvalue weighted by Crippen LogP contribution is 2.42. The molecule has 1 atom stereocenters. The van der Waals surface area contributed by atoms with E-state index in [4.69, 9.17) is 10.5 Å². The number of hydrogen-bond acceptors (Lipinski definition) is 3. The summed E-state index contributed by atoms with van der Waals surface area (Å²) < 4.78 is 5.71. The SMILES string of the molecule is COC1(C(N)c2ccc(C)s2)CCCC1. The first-order valence-electron chi connectivity index (χ1n) is 5.55. The van der Waals surface area contributed by atoms with Crippen LogP contribution in [0.5, 0.6) is 0 Å². The van der Waals surface area contributed by atoms with E-state index in [9.17, 15) is 0 Å². The van der Waals surface area contributed by atoms with Crippen LogP contribution in [0.25, 0.3) is 0 Å². The summed E-state index contributed by atoms with van der Waals surface area (Å²) in [5, 5.41) is 0. The van der Waals surface area contributed by atoms with Crippen molar-refractivity contribution in [2.24, 2.45) is 5.73 Å². The normalized spacial score (nSPS) is 21.8. The lowest BCUT2D eigenvalue weighted by atomic mass is 9.91. The van der Waals surface area contributed by atoms with Crippen LogP contribution < -0.4 is 5.73 Å². The monoisotopic (exact) mass is 225 g/mol. The first-order valence-corrected chi connectivity index (χ1v) is 6.37.